The van der Waals surface area contributed by atoms with Crippen LogP contribution in [0.5, 0.6) is 0 Å². The van der Waals surface area contributed by atoms with E-state index < -0.39 is 10.0 Å². The van der Waals surface area contributed by atoms with E-state index in [-0.39, 0.29) is 17.5 Å². The molecule has 0 bridgehead atoms. The van der Waals surface area contributed by atoms with Crippen molar-refractivity contribution in [1.82, 2.24) is 9.29 Å². The predicted molar refractivity (Wildman–Crippen MR) is 74.9 cm³/mol. The van der Waals surface area contributed by atoms with Gasteiger partial charge in [-0.15, -0.1) is 0 Å². The zero-order valence-corrected chi connectivity index (χ0v) is 12.7. The van der Waals surface area contributed by atoms with Gasteiger partial charge in [-0.2, -0.15) is 0 Å². The second kappa shape index (κ2) is 6.26. The number of aliphatic hydroxyl groups is 1. The van der Waals surface area contributed by atoms with E-state index >= 15 is 0 Å². The number of sulfonamides is 1. The summed E-state index contributed by atoms with van der Waals surface area (Å²) in [5, 5.41) is 9.32. The first-order chi connectivity index (χ1) is 9.47. The van der Waals surface area contributed by atoms with Crippen molar-refractivity contribution in [2.75, 3.05) is 13.2 Å². The van der Waals surface area contributed by atoms with Crippen LogP contribution in [-0.2, 0) is 21.4 Å². The third kappa shape index (κ3) is 3.60. The van der Waals surface area contributed by atoms with Gasteiger partial charge in [0, 0.05) is 30.6 Å². The Bertz CT molecular complexity index is 549. The lowest BCUT2D eigenvalue weighted by Gasteiger charge is -2.13. The van der Waals surface area contributed by atoms with Gasteiger partial charge in [0.05, 0.1) is 18.1 Å². The quantitative estimate of drug-likeness (QED) is 0.751. The Hall–Kier alpha value is -0.890. The second-order valence-electron chi connectivity index (χ2n) is 5.15. The van der Waals surface area contributed by atoms with Gasteiger partial charge in [0.1, 0.15) is 0 Å². The minimum absolute atomic E-state index is 0.152. The normalized spacial score (nSPS) is 17.4. The monoisotopic (exact) mass is 302 g/mol. The molecule has 0 radical (unpaired) electrons. The first kappa shape index (κ1) is 15.5. The van der Waals surface area contributed by atoms with E-state index in [1.165, 1.54) is 6.07 Å². The van der Waals surface area contributed by atoms with Crippen LogP contribution in [0.1, 0.15) is 38.4 Å². The summed E-state index contributed by atoms with van der Waals surface area (Å²) in [7, 11) is -3.57. The Morgan fingerprint density at radius 1 is 1.55 bits per heavy atom. The third-order valence-corrected chi connectivity index (χ3v) is 4.80. The largest absolute Gasteiger partial charge is 0.390 e. The van der Waals surface area contributed by atoms with Gasteiger partial charge in [0.15, 0.2) is 0 Å². The van der Waals surface area contributed by atoms with Crippen LogP contribution in [0, 0.1) is 0 Å². The molecule has 1 unspecified atom stereocenters. The molecule has 1 aliphatic rings. The fraction of sp³-hybridized carbons (Fsp3) is 0.692. The molecule has 0 aromatic carbocycles. The molecule has 0 saturated heterocycles. The molecule has 0 amide bonds. The molecular weight excluding hydrogens is 280 g/mol. The highest BCUT2D eigenvalue weighted by Gasteiger charge is 2.28. The number of nitrogens with one attached hydrogen (secondary N) is 1. The Labute approximate surface area is 119 Å². The van der Waals surface area contributed by atoms with Crippen LogP contribution in [-0.4, -0.2) is 37.3 Å². The fourth-order valence-electron chi connectivity index (χ4n) is 2.12. The van der Waals surface area contributed by atoms with Crippen LogP contribution in [0.2, 0.25) is 0 Å². The molecule has 0 aliphatic heterocycles. The lowest BCUT2D eigenvalue weighted by molar-refractivity contribution is 0.133. The number of rotatable bonds is 8. The van der Waals surface area contributed by atoms with Crippen LogP contribution >= 0.6 is 0 Å². The van der Waals surface area contributed by atoms with E-state index in [1.54, 1.807) is 13.1 Å². The average Bonchev–Trinajstić information content (AvgIpc) is 3.14. The van der Waals surface area contributed by atoms with Crippen molar-refractivity contribution < 1.29 is 18.3 Å². The maximum absolute atomic E-state index is 12.3. The van der Waals surface area contributed by atoms with Crippen LogP contribution in [0.3, 0.4) is 0 Å². The van der Waals surface area contributed by atoms with Crippen molar-refractivity contribution in [2.24, 2.45) is 0 Å². The number of aromatic nitrogens is 1. The number of aliphatic hydroxyl groups excluding tert-OH is 1. The molecule has 6 nitrogen and oxygen atoms in total. The Morgan fingerprint density at radius 2 is 2.25 bits per heavy atom. The average molecular weight is 302 g/mol. The standard InChI is InChI=1S/C13H22N2O4S/c1-3-19-9-10(2)14-20(17,18)13-6-12(8-16)15(7-13)11-4-5-11/h6-7,10-11,14,16H,3-5,8-9H2,1-2H3. The van der Waals surface area contributed by atoms with Gasteiger partial charge >= 0.3 is 0 Å². The van der Waals surface area contributed by atoms with Crippen molar-refractivity contribution in [3.05, 3.63) is 18.0 Å². The lowest BCUT2D eigenvalue weighted by Crippen LogP contribution is -2.35. The van der Waals surface area contributed by atoms with Crippen molar-refractivity contribution in [2.45, 2.75) is 50.3 Å². The SMILES string of the molecule is CCOCC(C)NS(=O)(=O)c1cc(CO)n(C2CC2)c1. The summed E-state index contributed by atoms with van der Waals surface area (Å²) >= 11 is 0. The molecule has 2 N–H and O–H groups in total. The van der Waals surface area contributed by atoms with E-state index in [9.17, 15) is 13.5 Å². The maximum Gasteiger partial charge on any atom is 0.242 e. The molecule has 0 spiro atoms. The van der Waals surface area contributed by atoms with Crippen molar-refractivity contribution in [1.29, 1.82) is 0 Å². The number of ether oxygens (including phenoxy) is 1. The molecule has 1 aliphatic carbocycles. The lowest BCUT2D eigenvalue weighted by atomic mass is 10.4. The summed E-state index contributed by atoms with van der Waals surface area (Å²) in [6.07, 6.45) is 3.68. The second-order valence-corrected chi connectivity index (χ2v) is 6.86. The fourth-order valence-corrected chi connectivity index (χ4v) is 3.40. The first-order valence-electron chi connectivity index (χ1n) is 6.89. The van der Waals surface area contributed by atoms with Gasteiger partial charge in [0.2, 0.25) is 10.0 Å². The van der Waals surface area contributed by atoms with E-state index in [0.29, 0.717) is 24.9 Å². The first-order valence-corrected chi connectivity index (χ1v) is 8.38. The Morgan fingerprint density at radius 3 is 2.80 bits per heavy atom. The molecular formula is C13H22N2O4S. The number of hydrogen-bond donors (Lipinski definition) is 2. The molecule has 1 fully saturated rings. The molecule has 1 aromatic heterocycles. The molecule has 1 atom stereocenters. The summed E-state index contributed by atoms with van der Waals surface area (Å²) in [6, 6.07) is 1.58. The molecule has 1 saturated carbocycles. The van der Waals surface area contributed by atoms with Crippen LogP contribution < -0.4 is 4.72 Å². The highest BCUT2D eigenvalue weighted by atomic mass is 32.2. The van der Waals surface area contributed by atoms with Crippen LogP contribution in [0.15, 0.2) is 17.2 Å². The topological polar surface area (TPSA) is 80.6 Å². The summed E-state index contributed by atoms with van der Waals surface area (Å²) in [5.74, 6) is 0. The van der Waals surface area contributed by atoms with Gasteiger partial charge in [0.25, 0.3) is 0 Å². The van der Waals surface area contributed by atoms with Gasteiger partial charge in [-0.05, 0) is 32.8 Å². The Kier molecular flexibility index (Phi) is 4.85. The van der Waals surface area contributed by atoms with E-state index in [1.807, 2.05) is 11.5 Å². The minimum atomic E-state index is -3.57. The highest BCUT2D eigenvalue weighted by molar-refractivity contribution is 7.89. The van der Waals surface area contributed by atoms with Crippen LogP contribution in [0.4, 0.5) is 0 Å². The highest BCUT2D eigenvalue weighted by Crippen LogP contribution is 2.37. The van der Waals surface area contributed by atoms with Gasteiger partial charge < -0.3 is 14.4 Å². The predicted octanol–water partition coefficient (Wildman–Crippen LogP) is 1.02. The number of hydrogen-bond acceptors (Lipinski definition) is 4. The van der Waals surface area contributed by atoms with Crippen LogP contribution in [0.25, 0.3) is 0 Å². The molecule has 2 rings (SSSR count). The molecule has 20 heavy (non-hydrogen) atoms. The summed E-state index contributed by atoms with van der Waals surface area (Å²) < 4.78 is 34.2. The summed E-state index contributed by atoms with van der Waals surface area (Å²) in [6.45, 7) is 4.37. The van der Waals surface area contributed by atoms with Crippen molar-refractivity contribution in [3.63, 3.8) is 0 Å². The Balaban J connectivity index is 2.12. The molecule has 1 aromatic rings. The maximum atomic E-state index is 12.3. The van der Waals surface area contributed by atoms with Crippen molar-refractivity contribution >= 4 is 10.0 Å². The smallest absolute Gasteiger partial charge is 0.242 e. The zero-order valence-electron chi connectivity index (χ0n) is 11.9. The molecule has 7 heteroatoms. The zero-order chi connectivity index (χ0) is 14.8. The summed E-state index contributed by atoms with van der Waals surface area (Å²) in [5.41, 5.74) is 0.644. The van der Waals surface area contributed by atoms with Crippen molar-refractivity contribution in [3.8, 4) is 0 Å². The van der Waals surface area contributed by atoms with E-state index in [0.717, 1.165) is 12.8 Å². The summed E-state index contributed by atoms with van der Waals surface area (Å²) in [4.78, 5) is 0.205. The van der Waals surface area contributed by atoms with E-state index in [2.05, 4.69) is 4.72 Å². The third-order valence-electron chi connectivity index (χ3n) is 3.25. The van der Waals surface area contributed by atoms with Gasteiger partial charge in [-0.3, -0.25) is 0 Å². The minimum Gasteiger partial charge on any atom is -0.390 e. The van der Waals surface area contributed by atoms with Gasteiger partial charge in [-0.25, -0.2) is 13.1 Å². The van der Waals surface area contributed by atoms with Gasteiger partial charge in [-0.1, -0.05) is 0 Å². The molecule has 1 heterocycles. The molecule has 114 valence electrons. The van der Waals surface area contributed by atoms with E-state index in [4.69, 9.17) is 4.74 Å². The number of nitrogens with zero attached hydrogens (tertiary/aromatic N) is 1.